The molecule has 0 aliphatic carbocycles. The number of methoxy groups -OCH3 is 1. The van der Waals surface area contributed by atoms with E-state index < -0.39 is 15.8 Å². The molecule has 0 unspecified atom stereocenters. The average molecular weight is 275 g/mol. The van der Waals surface area contributed by atoms with Crippen molar-refractivity contribution in [3.63, 3.8) is 0 Å². The van der Waals surface area contributed by atoms with Crippen LogP contribution < -0.4 is 0 Å². The van der Waals surface area contributed by atoms with E-state index in [1.807, 2.05) is 0 Å². The molecule has 1 aromatic carbocycles. The lowest BCUT2D eigenvalue weighted by Crippen LogP contribution is -2.02. The van der Waals surface area contributed by atoms with E-state index in [0.717, 1.165) is 11.5 Å². The van der Waals surface area contributed by atoms with Crippen molar-refractivity contribution < 1.29 is 17.9 Å². The molecule has 0 atom stereocenters. The number of esters is 1. The molecule has 1 aromatic rings. The highest BCUT2D eigenvalue weighted by atomic mass is 35.5. The molecule has 0 saturated carbocycles. The monoisotopic (exact) mass is 274 g/mol. The van der Waals surface area contributed by atoms with Gasteiger partial charge in [0, 0.05) is 16.5 Å². The zero-order valence-corrected chi connectivity index (χ0v) is 10.7. The SMILES string of the molecule is COC(=O)/C=C/S(=O)(=O)Cc1ccc(Cl)cc1. The van der Waals surface area contributed by atoms with Crippen LogP contribution in [0.15, 0.2) is 35.7 Å². The average Bonchev–Trinajstić information content (AvgIpc) is 2.29. The topological polar surface area (TPSA) is 60.4 Å². The van der Waals surface area contributed by atoms with E-state index in [0.29, 0.717) is 10.6 Å². The van der Waals surface area contributed by atoms with Crippen molar-refractivity contribution in [2.24, 2.45) is 0 Å². The lowest BCUT2D eigenvalue weighted by molar-refractivity contribution is -0.134. The summed E-state index contributed by atoms with van der Waals surface area (Å²) in [5.41, 5.74) is 0.601. The van der Waals surface area contributed by atoms with Crippen molar-refractivity contribution in [2.75, 3.05) is 7.11 Å². The number of benzene rings is 1. The van der Waals surface area contributed by atoms with Crippen molar-refractivity contribution >= 4 is 27.4 Å². The summed E-state index contributed by atoms with van der Waals surface area (Å²) >= 11 is 5.68. The Morgan fingerprint density at radius 3 is 2.47 bits per heavy atom. The molecule has 0 bridgehead atoms. The first-order chi connectivity index (χ1) is 7.93. The van der Waals surface area contributed by atoms with Gasteiger partial charge in [-0.3, -0.25) is 0 Å². The number of ether oxygens (including phenoxy) is 1. The second-order valence-corrected chi connectivity index (χ2v) is 5.58. The molecule has 0 aliphatic rings. The molecule has 0 heterocycles. The van der Waals surface area contributed by atoms with Crippen LogP contribution in [0.4, 0.5) is 0 Å². The van der Waals surface area contributed by atoms with Gasteiger partial charge >= 0.3 is 5.97 Å². The van der Waals surface area contributed by atoms with Crippen molar-refractivity contribution in [1.29, 1.82) is 0 Å². The fraction of sp³-hybridized carbons (Fsp3) is 0.182. The minimum Gasteiger partial charge on any atom is -0.466 e. The normalized spacial score (nSPS) is 11.6. The standard InChI is InChI=1S/C11H11ClO4S/c1-16-11(13)6-7-17(14,15)8-9-2-4-10(12)5-3-9/h2-7H,8H2,1H3/b7-6+. The smallest absolute Gasteiger partial charge is 0.331 e. The molecule has 0 spiro atoms. The molecule has 0 radical (unpaired) electrons. The maximum Gasteiger partial charge on any atom is 0.331 e. The highest BCUT2D eigenvalue weighted by Crippen LogP contribution is 2.12. The lowest BCUT2D eigenvalue weighted by Gasteiger charge is -1.99. The zero-order valence-electron chi connectivity index (χ0n) is 9.09. The zero-order chi connectivity index (χ0) is 12.9. The van der Waals surface area contributed by atoms with Gasteiger partial charge in [-0.25, -0.2) is 13.2 Å². The molecule has 4 nitrogen and oxygen atoms in total. The molecule has 0 saturated heterocycles. The Bertz CT molecular complexity index is 517. The maximum absolute atomic E-state index is 11.6. The maximum atomic E-state index is 11.6. The summed E-state index contributed by atoms with van der Waals surface area (Å²) in [5, 5.41) is 1.38. The van der Waals surface area contributed by atoms with E-state index in [9.17, 15) is 13.2 Å². The Morgan fingerprint density at radius 2 is 1.94 bits per heavy atom. The Balaban J connectivity index is 2.76. The number of carbonyl (C=O) groups excluding carboxylic acids is 1. The highest BCUT2D eigenvalue weighted by Gasteiger charge is 2.08. The van der Waals surface area contributed by atoms with Crippen molar-refractivity contribution in [3.05, 3.63) is 46.3 Å². The van der Waals surface area contributed by atoms with Gasteiger partial charge in [0.2, 0.25) is 0 Å². The van der Waals surface area contributed by atoms with E-state index in [2.05, 4.69) is 4.74 Å². The van der Waals surface area contributed by atoms with Gasteiger partial charge in [-0.15, -0.1) is 0 Å². The van der Waals surface area contributed by atoms with E-state index in [4.69, 9.17) is 11.6 Å². The van der Waals surface area contributed by atoms with Crippen LogP contribution in [0.2, 0.25) is 5.02 Å². The van der Waals surface area contributed by atoms with E-state index >= 15 is 0 Å². The van der Waals surface area contributed by atoms with Gasteiger partial charge in [-0.05, 0) is 17.7 Å². The molecule has 92 valence electrons. The second kappa shape index (κ2) is 5.84. The molecule has 0 amide bonds. The minimum atomic E-state index is -3.48. The van der Waals surface area contributed by atoms with Crippen molar-refractivity contribution in [1.82, 2.24) is 0 Å². The quantitative estimate of drug-likeness (QED) is 0.622. The number of hydrogen-bond donors (Lipinski definition) is 0. The molecular weight excluding hydrogens is 264 g/mol. The Kier molecular flexibility index (Phi) is 4.72. The van der Waals surface area contributed by atoms with Crippen LogP contribution in [-0.4, -0.2) is 21.5 Å². The van der Waals surface area contributed by atoms with Gasteiger partial charge in [0.1, 0.15) is 0 Å². The lowest BCUT2D eigenvalue weighted by atomic mass is 10.2. The van der Waals surface area contributed by atoms with Crippen LogP contribution in [0, 0.1) is 0 Å². The summed E-state index contributed by atoms with van der Waals surface area (Å²) in [6.07, 6.45) is 0.880. The van der Waals surface area contributed by atoms with E-state index in [1.165, 1.54) is 7.11 Å². The number of hydrogen-bond acceptors (Lipinski definition) is 4. The van der Waals surface area contributed by atoms with Crippen LogP contribution in [0.3, 0.4) is 0 Å². The molecule has 6 heteroatoms. The predicted octanol–water partition coefficient (Wildman–Crippen LogP) is 1.94. The van der Waals surface area contributed by atoms with E-state index in [-0.39, 0.29) is 5.75 Å². The van der Waals surface area contributed by atoms with Gasteiger partial charge in [-0.1, -0.05) is 23.7 Å². The third-order valence-corrected chi connectivity index (χ3v) is 3.43. The summed E-state index contributed by atoms with van der Waals surface area (Å²) in [5.74, 6) is -0.887. The third kappa shape index (κ3) is 5.01. The first kappa shape index (κ1) is 13.7. The largest absolute Gasteiger partial charge is 0.466 e. The highest BCUT2D eigenvalue weighted by molar-refractivity contribution is 7.93. The van der Waals surface area contributed by atoms with Gasteiger partial charge in [-0.2, -0.15) is 0 Å². The molecule has 0 aromatic heterocycles. The molecule has 0 fully saturated rings. The number of rotatable bonds is 4. The number of halogens is 1. The summed E-state index contributed by atoms with van der Waals surface area (Å²) < 4.78 is 27.5. The third-order valence-electron chi connectivity index (χ3n) is 1.89. The second-order valence-electron chi connectivity index (χ2n) is 3.26. The summed E-state index contributed by atoms with van der Waals surface area (Å²) in [4.78, 5) is 10.8. The van der Waals surface area contributed by atoms with Gasteiger partial charge < -0.3 is 4.74 Å². The van der Waals surface area contributed by atoms with Crippen LogP contribution in [0.5, 0.6) is 0 Å². The fourth-order valence-corrected chi connectivity index (χ4v) is 2.29. The van der Waals surface area contributed by atoms with Crippen molar-refractivity contribution in [2.45, 2.75) is 5.75 Å². The summed E-state index contributed by atoms with van der Waals surface area (Å²) in [7, 11) is -2.30. The van der Waals surface area contributed by atoms with Crippen LogP contribution in [0.1, 0.15) is 5.56 Å². The predicted molar refractivity (Wildman–Crippen MR) is 65.2 cm³/mol. The van der Waals surface area contributed by atoms with Gasteiger partial charge in [0.25, 0.3) is 0 Å². The van der Waals surface area contributed by atoms with E-state index in [1.54, 1.807) is 24.3 Å². The van der Waals surface area contributed by atoms with Crippen LogP contribution in [0.25, 0.3) is 0 Å². The first-order valence-electron chi connectivity index (χ1n) is 4.66. The molecule has 1 rings (SSSR count). The summed E-state index contributed by atoms with van der Waals surface area (Å²) in [6, 6.07) is 6.45. The van der Waals surface area contributed by atoms with Gasteiger partial charge in [0.05, 0.1) is 12.9 Å². The molecule has 0 N–H and O–H groups in total. The molecule has 17 heavy (non-hydrogen) atoms. The van der Waals surface area contributed by atoms with Crippen LogP contribution in [-0.2, 0) is 25.1 Å². The minimum absolute atomic E-state index is 0.183. The fourth-order valence-electron chi connectivity index (χ4n) is 1.09. The Morgan fingerprint density at radius 1 is 1.35 bits per heavy atom. The number of sulfone groups is 1. The molecule has 0 aliphatic heterocycles. The first-order valence-corrected chi connectivity index (χ1v) is 6.75. The van der Waals surface area contributed by atoms with Crippen molar-refractivity contribution in [3.8, 4) is 0 Å². The number of carbonyl (C=O) groups is 1. The Labute approximate surface area is 105 Å². The van der Waals surface area contributed by atoms with Gasteiger partial charge in [0.15, 0.2) is 9.84 Å². The van der Waals surface area contributed by atoms with Crippen LogP contribution >= 0.6 is 11.6 Å². The molecular formula is C11H11ClO4S. The Hall–Kier alpha value is -1.33. The summed E-state index contributed by atoms with van der Waals surface area (Å²) in [6.45, 7) is 0.